The maximum Gasteiger partial charge on any atom is 0.341 e. The van der Waals surface area contributed by atoms with Crippen molar-refractivity contribution in [3.05, 3.63) is 58.1 Å². The fraction of sp³-hybridized carbons (Fsp3) is 0.772. The summed E-state index contributed by atoms with van der Waals surface area (Å²) in [4.78, 5) is 43.5. The van der Waals surface area contributed by atoms with Crippen LogP contribution in [0.3, 0.4) is 0 Å². The summed E-state index contributed by atoms with van der Waals surface area (Å²) >= 11 is 0. The molecule has 4 fully saturated rings. The summed E-state index contributed by atoms with van der Waals surface area (Å²) in [5.41, 5.74) is -3.63. The second-order valence-corrected chi connectivity index (χ2v) is 23.6. The molecule has 18 atom stereocenters. The monoisotopic (exact) mass is 1070 g/mol. The molecule has 19 nitrogen and oxygen atoms in total. The molecule has 4 heterocycles. The smallest absolute Gasteiger partial charge is 0.341 e. The normalized spacial score (nSPS) is 38.7. The molecule has 19 heteroatoms. The van der Waals surface area contributed by atoms with E-state index in [1.54, 1.807) is 47.1 Å². The number of carbonyl (C=O) groups is 2. The van der Waals surface area contributed by atoms with Crippen LogP contribution in [0, 0.1) is 23.7 Å². The lowest BCUT2D eigenvalue weighted by molar-refractivity contribution is -0.321. The van der Waals surface area contributed by atoms with Crippen molar-refractivity contribution in [2.24, 2.45) is 23.7 Å². The van der Waals surface area contributed by atoms with Crippen LogP contribution < -0.4 is 5.43 Å². The summed E-state index contributed by atoms with van der Waals surface area (Å²) in [5, 5.41) is 58.2. The van der Waals surface area contributed by atoms with E-state index in [9.17, 15) is 39.9 Å². The predicted molar refractivity (Wildman–Crippen MR) is 285 cm³/mol. The topological polar surface area (TPSA) is 238 Å². The maximum atomic E-state index is 14.6. The van der Waals surface area contributed by atoms with Crippen molar-refractivity contribution in [2.75, 3.05) is 48.0 Å². The Labute approximate surface area is 449 Å². The Bertz CT molecular complexity index is 2340. The lowest BCUT2D eigenvalue weighted by Crippen LogP contribution is -2.61. The molecule has 1 unspecified atom stereocenters. The number of pyridine rings is 1. The predicted octanol–water partition coefficient (Wildman–Crippen LogP) is 5.12. The van der Waals surface area contributed by atoms with Gasteiger partial charge in [0.25, 0.3) is 0 Å². The highest BCUT2D eigenvalue weighted by molar-refractivity contribution is 5.92. The number of cyclic esters (lactones) is 1. The Morgan fingerprint density at radius 2 is 1.66 bits per heavy atom. The molecule has 5 N–H and O–H groups in total. The minimum atomic E-state index is -1.84. The number of aliphatic hydroxyl groups excluding tert-OH is 2. The second kappa shape index (κ2) is 25.7. The third-order valence-electron chi connectivity index (χ3n) is 16.7. The first-order chi connectivity index (χ1) is 35.6. The average Bonchev–Trinajstić information content (AvgIpc) is 4.19. The Balaban J connectivity index is 1.19. The molecule has 3 aliphatic heterocycles. The molecule has 76 heavy (non-hydrogen) atoms. The first-order valence-electron chi connectivity index (χ1n) is 27.5. The van der Waals surface area contributed by atoms with Gasteiger partial charge in [0.15, 0.2) is 12.6 Å². The highest BCUT2D eigenvalue weighted by atomic mass is 16.7. The molecular formula is C57H91N3O16. The summed E-state index contributed by atoms with van der Waals surface area (Å²) < 4.78 is 53.1. The van der Waals surface area contributed by atoms with Gasteiger partial charge < -0.3 is 77.8 Å². The maximum absolute atomic E-state index is 14.6. The second-order valence-electron chi connectivity index (χ2n) is 23.6. The number of hydrogen-bond acceptors (Lipinski definition) is 17. The number of methoxy groups -OCH3 is 1. The van der Waals surface area contributed by atoms with Gasteiger partial charge in [0, 0.05) is 56.2 Å². The molecule has 430 valence electrons. The fourth-order valence-electron chi connectivity index (χ4n) is 12.0. The van der Waals surface area contributed by atoms with Gasteiger partial charge in [-0.05, 0) is 144 Å². The largest absolute Gasteiger partial charge is 0.499 e. The minimum Gasteiger partial charge on any atom is -0.499 e. The van der Waals surface area contributed by atoms with Gasteiger partial charge in [-0.25, -0.2) is 4.79 Å². The zero-order valence-electron chi connectivity index (χ0n) is 47.5. The van der Waals surface area contributed by atoms with Gasteiger partial charge in [-0.3, -0.25) is 9.59 Å². The van der Waals surface area contributed by atoms with E-state index in [4.69, 9.17) is 37.9 Å². The number of allylic oxidation sites excluding steroid dienone is 1. The number of aromatic nitrogens is 1. The highest BCUT2D eigenvalue weighted by Gasteiger charge is 2.53. The summed E-state index contributed by atoms with van der Waals surface area (Å²) in [6, 6.07) is 4.67. The molecule has 0 radical (unpaired) electrons. The number of benzene rings is 1. The molecule has 6 rings (SSSR count). The van der Waals surface area contributed by atoms with Crippen LogP contribution in [0.4, 0.5) is 0 Å². The molecule has 1 aromatic heterocycles. The van der Waals surface area contributed by atoms with Crippen molar-refractivity contribution in [1.29, 1.82) is 0 Å². The van der Waals surface area contributed by atoms with Gasteiger partial charge in [0.05, 0.1) is 59.9 Å². The van der Waals surface area contributed by atoms with Crippen LogP contribution in [0.25, 0.3) is 10.9 Å². The zero-order valence-corrected chi connectivity index (χ0v) is 47.5. The van der Waals surface area contributed by atoms with Crippen molar-refractivity contribution in [2.45, 2.75) is 211 Å². The van der Waals surface area contributed by atoms with Crippen molar-refractivity contribution in [3.8, 4) is 0 Å². The van der Waals surface area contributed by atoms with E-state index < -0.39 is 107 Å². The Morgan fingerprint density at radius 3 is 2.29 bits per heavy atom. The number of aromatic carboxylic acids is 1. The molecule has 0 amide bonds. The van der Waals surface area contributed by atoms with Crippen molar-refractivity contribution in [1.82, 2.24) is 14.4 Å². The Hall–Kier alpha value is -3.57. The molecule has 4 aliphatic rings. The summed E-state index contributed by atoms with van der Waals surface area (Å²) in [7, 11) is 7.19. The van der Waals surface area contributed by atoms with E-state index in [2.05, 4.69) is 0 Å². The number of carboxylic acid groups (broad SMARTS) is 1. The van der Waals surface area contributed by atoms with Crippen LogP contribution in [-0.2, 0) is 55.7 Å². The van der Waals surface area contributed by atoms with Crippen molar-refractivity contribution >= 4 is 22.8 Å². The number of likely N-dealkylation sites (N-methyl/N-ethyl adjacent to an activating group) is 2. The van der Waals surface area contributed by atoms with Crippen LogP contribution in [0.1, 0.15) is 124 Å². The number of fused-ring (bicyclic) bond motifs is 1. The van der Waals surface area contributed by atoms with E-state index in [-0.39, 0.29) is 56.1 Å². The standard InChI is InChI=1S/C57H91N3O16/c1-15-44-57(10,68)49(63)36(6)59(13)29-32(2)27-55(8,67)50(76-54-47(62)43(58(11)12)25-33(3)72-54)34(4)48(35(5)53(66)74-44)75-45-28-56(9,69-14)51(37(7)73-45)71-24-23-70-22-16-17-38-20-21-42-40(26-38)46(61)41(52(64)65)31-60(42)30-39-18-19-39/h16,20-22,26,31-37,39,43-45,47-51,54,62-63,67-68H,15,17-19,23-25,27-30H2,1-14H3,(H,64,65)/b22-16+/t32-,33-,34+,35-,36-,37+,43+,44-,45?,47-,48+,49+,50-,51+,54+,55-,56-,57-/m1/s1. The SMILES string of the molecule is CC[C@H]1OC(=O)[C@H](C)[C@@H](OC2C[C@@](C)(OC)[C@@H](OCCO/C=C/Cc3ccc4c(c3)c(=O)c(C(=O)O)cn4CC3CC3)[C@H](C)O2)[C@H](C)[C@@H](O[C@@H]2O[C@H](C)C[C@H](N(C)C)[C@H]2O)[C@](C)(O)C[C@@H](C)CN(C)[C@H](C)[C@H](O)[C@]1(C)O. The molecular weight excluding hydrogens is 983 g/mol. The Kier molecular flexibility index (Phi) is 20.8. The molecule has 1 saturated carbocycles. The summed E-state index contributed by atoms with van der Waals surface area (Å²) in [5.74, 6) is -3.50. The van der Waals surface area contributed by atoms with Crippen LogP contribution in [0.15, 0.2) is 41.5 Å². The number of rotatable bonds is 17. The summed E-state index contributed by atoms with van der Waals surface area (Å²) in [6.45, 7) is 19.3. The molecule has 2 aromatic rings. The lowest BCUT2D eigenvalue weighted by Gasteiger charge is -2.49. The average molecular weight is 1070 g/mol. The quantitative estimate of drug-likeness (QED) is 0.0785. The van der Waals surface area contributed by atoms with Gasteiger partial charge in [0.2, 0.25) is 5.43 Å². The highest BCUT2D eigenvalue weighted by Crippen LogP contribution is 2.41. The van der Waals surface area contributed by atoms with E-state index in [0.29, 0.717) is 42.8 Å². The van der Waals surface area contributed by atoms with E-state index in [0.717, 1.165) is 18.4 Å². The first kappa shape index (κ1) is 61.6. The van der Waals surface area contributed by atoms with E-state index in [1.165, 1.54) is 13.1 Å². The van der Waals surface area contributed by atoms with Gasteiger partial charge in [0.1, 0.15) is 42.2 Å². The van der Waals surface area contributed by atoms with Crippen molar-refractivity contribution in [3.63, 3.8) is 0 Å². The molecule has 0 spiro atoms. The number of aliphatic hydroxyl groups is 4. The van der Waals surface area contributed by atoms with Crippen LogP contribution >= 0.6 is 0 Å². The number of hydrogen-bond donors (Lipinski definition) is 5. The van der Waals surface area contributed by atoms with Crippen LogP contribution in [0.5, 0.6) is 0 Å². The zero-order chi connectivity index (χ0) is 56.2. The van der Waals surface area contributed by atoms with Crippen LogP contribution in [0.2, 0.25) is 0 Å². The molecule has 1 aromatic carbocycles. The number of nitrogens with zero attached hydrogens (tertiary/aromatic N) is 3. The Morgan fingerprint density at radius 1 is 0.961 bits per heavy atom. The molecule has 1 aliphatic carbocycles. The number of ether oxygens (including phenoxy) is 8. The number of carboxylic acids is 1. The van der Waals surface area contributed by atoms with Gasteiger partial charge in [-0.15, -0.1) is 0 Å². The number of esters is 1. The van der Waals surface area contributed by atoms with Crippen LogP contribution in [-0.4, -0.2) is 190 Å². The first-order valence-corrected chi connectivity index (χ1v) is 27.5. The van der Waals surface area contributed by atoms with E-state index in [1.807, 2.05) is 88.3 Å². The number of carbonyl (C=O) groups excluding carboxylic acids is 1. The molecule has 3 saturated heterocycles. The minimum absolute atomic E-state index is 0.157. The lowest BCUT2D eigenvalue weighted by atomic mass is 9.77. The summed E-state index contributed by atoms with van der Waals surface area (Å²) in [6.07, 6.45) is -0.708. The van der Waals surface area contributed by atoms with Gasteiger partial charge in [-0.1, -0.05) is 26.8 Å². The fourth-order valence-corrected chi connectivity index (χ4v) is 12.0. The van der Waals surface area contributed by atoms with Crippen molar-refractivity contribution < 1.29 is 73.0 Å². The van der Waals surface area contributed by atoms with E-state index >= 15 is 0 Å². The third-order valence-corrected chi connectivity index (χ3v) is 16.7. The van der Waals surface area contributed by atoms with Gasteiger partial charge in [-0.2, -0.15) is 0 Å². The molecule has 0 bridgehead atoms. The third kappa shape index (κ3) is 14.4. The van der Waals surface area contributed by atoms with Gasteiger partial charge >= 0.3 is 11.9 Å².